The molecular formula is C18H19BrN2O6S. The molecule has 28 heavy (non-hydrogen) atoms. The minimum absolute atomic E-state index is 0.00298. The van der Waals surface area contributed by atoms with Crippen LogP contribution in [0, 0.1) is 10.1 Å². The van der Waals surface area contributed by atoms with Gasteiger partial charge in [-0.3, -0.25) is 10.1 Å². The van der Waals surface area contributed by atoms with Gasteiger partial charge in [0.1, 0.15) is 19.0 Å². The van der Waals surface area contributed by atoms with E-state index in [2.05, 4.69) is 15.9 Å². The van der Waals surface area contributed by atoms with Gasteiger partial charge >= 0.3 is 5.69 Å². The van der Waals surface area contributed by atoms with Crippen molar-refractivity contribution in [1.82, 2.24) is 4.31 Å². The topological polar surface area (TPSA) is 99.0 Å². The van der Waals surface area contributed by atoms with Crippen molar-refractivity contribution in [2.24, 2.45) is 0 Å². The maximum Gasteiger partial charge on any atom is 0.312 e. The quantitative estimate of drug-likeness (QED) is 0.332. The number of sulfonamides is 1. The fraction of sp³-hybridized carbons (Fsp3) is 0.333. The first-order chi connectivity index (χ1) is 13.4. The number of rotatable bonds is 8. The lowest BCUT2D eigenvalue weighted by Crippen LogP contribution is -2.27. The second-order valence-corrected chi connectivity index (χ2v) is 9.01. The van der Waals surface area contributed by atoms with Gasteiger partial charge in [-0.15, -0.1) is 0 Å². The second kappa shape index (κ2) is 8.89. The number of nitro benzene ring substituents is 1. The van der Waals surface area contributed by atoms with E-state index in [0.717, 1.165) is 23.4 Å². The van der Waals surface area contributed by atoms with E-state index in [1.54, 1.807) is 12.1 Å². The highest BCUT2D eigenvalue weighted by molar-refractivity contribution is 9.10. The molecule has 0 aromatic heterocycles. The normalized spacial score (nSPS) is 14.8. The third-order valence-corrected chi connectivity index (χ3v) is 6.62. The van der Waals surface area contributed by atoms with Crippen molar-refractivity contribution in [3.63, 3.8) is 0 Å². The molecular weight excluding hydrogens is 452 g/mol. The minimum Gasteiger partial charge on any atom is -0.490 e. The molecule has 2 aromatic carbocycles. The van der Waals surface area contributed by atoms with Crippen LogP contribution in [0.15, 0.2) is 51.8 Å². The first kappa shape index (κ1) is 20.6. The highest BCUT2D eigenvalue weighted by Gasteiger charge is 2.29. The van der Waals surface area contributed by atoms with Crippen LogP contribution in [0.3, 0.4) is 0 Å². The zero-order valence-corrected chi connectivity index (χ0v) is 17.3. The molecule has 0 unspecified atom stereocenters. The molecule has 1 heterocycles. The molecule has 1 fully saturated rings. The standard InChI is InChI=1S/C18H19BrN2O6S/c19-14-4-3-5-15(12-14)26-10-11-27-18-7-6-16(13-17(18)21(22)23)28(24,25)20-8-1-2-9-20/h3-7,12-13H,1-2,8-11H2. The third-order valence-electron chi connectivity index (χ3n) is 4.24. The van der Waals surface area contributed by atoms with Crippen LogP contribution in [0.4, 0.5) is 5.69 Å². The van der Waals surface area contributed by atoms with E-state index in [1.165, 1.54) is 16.4 Å². The maximum absolute atomic E-state index is 12.6. The highest BCUT2D eigenvalue weighted by Crippen LogP contribution is 2.31. The van der Waals surface area contributed by atoms with Gasteiger partial charge in [0.2, 0.25) is 10.0 Å². The molecule has 0 radical (unpaired) electrons. The lowest BCUT2D eigenvalue weighted by molar-refractivity contribution is -0.386. The van der Waals surface area contributed by atoms with Crippen LogP contribution in [0.5, 0.6) is 11.5 Å². The van der Waals surface area contributed by atoms with Crippen molar-refractivity contribution in [2.75, 3.05) is 26.3 Å². The van der Waals surface area contributed by atoms with Gasteiger partial charge in [0.05, 0.1) is 9.82 Å². The maximum atomic E-state index is 12.6. The molecule has 0 atom stereocenters. The smallest absolute Gasteiger partial charge is 0.312 e. The van der Waals surface area contributed by atoms with Crippen LogP contribution < -0.4 is 9.47 Å². The molecule has 0 spiro atoms. The number of hydrogen-bond donors (Lipinski definition) is 0. The lowest BCUT2D eigenvalue weighted by atomic mass is 10.3. The number of nitro groups is 1. The van der Waals surface area contributed by atoms with Crippen LogP contribution in [0.2, 0.25) is 0 Å². The molecule has 2 aromatic rings. The highest BCUT2D eigenvalue weighted by atomic mass is 79.9. The summed E-state index contributed by atoms with van der Waals surface area (Å²) in [4.78, 5) is 10.7. The minimum atomic E-state index is -3.73. The molecule has 3 rings (SSSR count). The number of benzene rings is 2. The summed E-state index contributed by atoms with van der Waals surface area (Å²) in [5.41, 5.74) is -0.386. The van der Waals surface area contributed by atoms with E-state index in [9.17, 15) is 18.5 Å². The van der Waals surface area contributed by atoms with E-state index in [1.807, 2.05) is 12.1 Å². The molecule has 0 aliphatic carbocycles. The Morgan fingerprint density at radius 2 is 1.79 bits per heavy atom. The Labute approximate surface area is 171 Å². The zero-order valence-electron chi connectivity index (χ0n) is 14.9. The summed E-state index contributed by atoms with van der Waals surface area (Å²) in [6.07, 6.45) is 1.58. The molecule has 0 bridgehead atoms. The van der Waals surface area contributed by atoms with Crippen molar-refractivity contribution in [2.45, 2.75) is 17.7 Å². The van der Waals surface area contributed by atoms with E-state index in [4.69, 9.17) is 9.47 Å². The predicted molar refractivity (Wildman–Crippen MR) is 106 cm³/mol. The van der Waals surface area contributed by atoms with Gasteiger partial charge in [0.15, 0.2) is 5.75 Å². The fourth-order valence-corrected chi connectivity index (χ4v) is 4.78. The Morgan fingerprint density at radius 1 is 1.07 bits per heavy atom. The summed E-state index contributed by atoms with van der Waals surface area (Å²) in [7, 11) is -3.73. The Kier molecular flexibility index (Phi) is 6.53. The molecule has 0 saturated carbocycles. The van der Waals surface area contributed by atoms with E-state index < -0.39 is 14.9 Å². The van der Waals surface area contributed by atoms with Crippen molar-refractivity contribution in [1.29, 1.82) is 0 Å². The Hall–Kier alpha value is -2.17. The third kappa shape index (κ3) is 4.81. The van der Waals surface area contributed by atoms with Gasteiger partial charge in [-0.05, 0) is 43.2 Å². The summed E-state index contributed by atoms with van der Waals surface area (Å²) in [5, 5.41) is 11.4. The summed E-state index contributed by atoms with van der Waals surface area (Å²) >= 11 is 3.34. The van der Waals surface area contributed by atoms with Crippen LogP contribution in [-0.4, -0.2) is 43.9 Å². The molecule has 8 nitrogen and oxygen atoms in total. The Balaban J connectivity index is 1.68. The van der Waals surface area contributed by atoms with Crippen molar-refractivity contribution >= 4 is 31.6 Å². The van der Waals surface area contributed by atoms with Crippen LogP contribution >= 0.6 is 15.9 Å². The van der Waals surface area contributed by atoms with Crippen LogP contribution in [0.1, 0.15) is 12.8 Å². The van der Waals surface area contributed by atoms with E-state index in [-0.39, 0.29) is 29.5 Å². The monoisotopic (exact) mass is 470 g/mol. The van der Waals surface area contributed by atoms with Gasteiger partial charge in [0, 0.05) is 23.6 Å². The predicted octanol–water partition coefficient (Wildman–Crippen LogP) is 3.60. The fourth-order valence-electron chi connectivity index (χ4n) is 2.87. The van der Waals surface area contributed by atoms with Gasteiger partial charge in [-0.25, -0.2) is 8.42 Å². The molecule has 0 amide bonds. The SMILES string of the molecule is O=[N+]([O-])c1cc(S(=O)(=O)N2CCCC2)ccc1OCCOc1cccc(Br)c1. The summed E-state index contributed by atoms with van der Waals surface area (Å²) in [6.45, 7) is 1.12. The van der Waals surface area contributed by atoms with Crippen LogP contribution in [0.25, 0.3) is 0 Å². The van der Waals surface area contributed by atoms with Crippen LogP contribution in [-0.2, 0) is 10.0 Å². The number of nitrogens with zero attached hydrogens (tertiary/aromatic N) is 2. The largest absolute Gasteiger partial charge is 0.490 e. The number of hydrogen-bond acceptors (Lipinski definition) is 6. The Morgan fingerprint density at radius 3 is 2.46 bits per heavy atom. The first-order valence-electron chi connectivity index (χ1n) is 8.68. The molecule has 150 valence electrons. The summed E-state index contributed by atoms with van der Waals surface area (Å²) < 4.78 is 38.4. The Bertz CT molecular complexity index is 960. The summed E-state index contributed by atoms with van der Waals surface area (Å²) in [6, 6.07) is 11.0. The number of ether oxygens (including phenoxy) is 2. The molecule has 1 aliphatic rings. The van der Waals surface area contributed by atoms with E-state index in [0.29, 0.717) is 18.8 Å². The summed E-state index contributed by atoms with van der Waals surface area (Å²) in [5.74, 6) is 0.641. The first-order valence-corrected chi connectivity index (χ1v) is 10.9. The molecule has 0 N–H and O–H groups in total. The van der Waals surface area contributed by atoms with Gasteiger partial charge < -0.3 is 9.47 Å². The molecule has 1 aliphatic heterocycles. The van der Waals surface area contributed by atoms with Crippen molar-refractivity contribution < 1.29 is 22.8 Å². The van der Waals surface area contributed by atoms with Gasteiger partial charge in [-0.2, -0.15) is 4.31 Å². The van der Waals surface area contributed by atoms with Gasteiger partial charge in [0.25, 0.3) is 0 Å². The van der Waals surface area contributed by atoms with Gasteiger partial charge in [-0.1, -0.05) is 22.0 Å². The zero-order chi connectivity index (χ0) is 20.1. The average Bonchev–Trinajstić information content (AvgIpc) is 3.21. The van der Waals surface area contributed by atoms with Crippen molar-refractivity contribution in [3.05, 3.63) is 57.1 Å². The second-order valence-electron chi connectivity index (χ2n) is 6.15. The number of halogens is 1. The van der Waals surface area contributed by atoms with Crippen molar-refractivity contribution in [3.8, 4) is 11.5 Å². The van der Waals surface area contributed by atoms with E-state index >= 15 is 0 Å². The molecule has 1 saturated heterocycles. The lowest BCUT2D eigenvalue weighted by Gasteiger charge is -2.16. The average molecular weight is 471 g/mol. The molecule has 10 heteroatoms.